The van der Waals surface area contributed by atoms with Gasteiger partial charge in [-0.2, -0.15) is 4.37 Å². The lowest BCUT2D eigenvalue weighted by Gasteiger charge is -2.31. The third kappa shape index (κ3) is 5.27. The van der Waals surface area contributed by atoms with Crippen LogP contribution in [0.15, 0.2) is 30.3 Å². The Morgan fingerprint density at radius 2 is 2.15 bits per heavy atom. The lowest BCUT2D eigenvalue weighted by atomic mass is 9.97. The van der Waals surface area contributed by atoms with Crippen molar-refractivity contribution in [3.05, 3.63) is 41.7 Å². The average Bonchev–Trinajstić information content (AvgIpc) is 3.14. The molecule has 0 unspecified atom stereocenters. The van der Waals surface area contributed by atoms with Gasteiger partial charge in [-0.05, 0) is 24.8 Å². The Bertz CT molecular complexity index is 688. The summed E-state index contributed by atoms with van der Waals surface area (Å²) in [7, 11) is 0. The van der Waals surface area contributed by atoms with Crippen LogP contribution in [0.5, 0.6) is 0 Å². The quantitative estimate of drug-likeness (QED) is 0.719. The molecule has 1 N–H and O–H groups in total. The fourth-order valence-electron chi connectivity index (χ4n) is 3.32. The van der Waals surface area contributed by atoms with Crippen molar-refractivity contribution in [3.8, 4) is 0 Å². The smallest absolute Gasteiger partial charge is 0.224 e. The maximum atomic E-state index is 12.4. The molecule has 1 fully saturated rings. The van der Waals surface area contributed by atoms with Crippen LogP contribution in [0.25, 0.3) is 0 Å². The van der Waals surface area contributed by atoms with E-state index in [4.69, 9.17) is 4.98 Å². The Morgan fingerprint density at radius 3 is 2.96 bits per heavy atom. The Hall–Kier alpha value is -1.95. The predicted octanol–water partition coefficient (Wildman–Crippen LogP) is 3.65. The highest BCUT2D eigenvalue weighted by molar-refractivity contribution is 7.09. The Balaban J connectivity index is 1.53. The minimum absolute atomic E-state index is 0.0619. The molecule has 1 aromatic carbocycles. The molecule has 2 heterocycles. The first-order chi connectivity index (χ1) is 12.8. The van der Waals surface area contributed by atoms with E-state index < -0.39 is 0 Å². The summed E-state index contributed by atoms with van der Waals surface area (Å²) >= 11 is 1.45. The van der Waals surface area contributed by atoms with Gasteiger partial charge in [0.05, 0.1) is 5.92 Å². The monoisotopic (exact) mass is 372 g/mol. The minimum Gasteiger partial charge on any atom is -0.356 e. The van der Waals surface area contributed by atoms with Crippen molar-refractivity contribution in [3.63, 3.8) is 0 Å². The van der Waals surface area contributed by atoms with E-state index in [0.29, 0.717) is 0 Å². The van der Waals surface area contributed by atoms with Gasteiger partial charge in [-0.3, -0.25) is 4.79 Å². The maximum Gasteiger partial charge on any atom is 0.224 e. The summed E-state index contributed by atoms with van der Waals surface area (Å²) in [5.74, 6) is 1.12. The first-order valence-corrected chi connectivity index (χ1v) is 10.4. The summed E-state index contributed by atoms with van der Waals surface area (Å²) in [5.41, 5.74) is 1.22. The number of nitrogens with zero attached hydrogens (tertiary/aromatic N) is 3. The van der Waals surface area contributed by atoms with Crippen LogP contribution in [-0.4, -0.2) is 34.9 Å². The summed E-state index contributed by atoms with van der Waals surface area (Å²) in [6.07, 6.45) is 6.17. The molecule has 1 aromatic heterocycles. The second kappa shape index (κ2) is 9.67. The van der Waals surface area contributed by atoms with Crippen molar-refractivity contribution in [1.82, 2.24) is 14.7 Å². The highest BCUT2D eigenvalue weighted by Gasteiger charge is 2.27. The lowest BCUT2D eigenvalue weighted by Crippen LogP contribution is -2.43. The van der Waals surface area contributed by atoms with E-state index in [-0.39, 0.29) is 11.8 Å². The van der Waals surface area contributed by atoms with E-state index in [2.05, 4.69) is 33.6 Å². The topological polar surface area (TPSA) is 58.1 Å². The number of benzene rings is 1. The molecule has 5 nitrogen and oxygen atoms in total. The number of aromatic nitrogens is 2. The molecule has 6 heteroatoms. The van der Waals surface area contributed by atoms with Gasteiger partial charge in [0.25, 0.3) is 0 Å². The molecule has 0 spiro atoms. The van der Waals surface area contributed by atoms with Crippen LogP contribution in [0.3, 0.4) is 0 Å². The second-order valence-corrected chi connectivity index (χ2v) is 7.67. The van der Waals surface area contributed by atoms with Crippen LogP contribution in [-0.2, 0) is 11.2 Å². The number of carbonyl (C=O) groups is 1. The number of rotatable bonds is 8. The van der Waals surface area contributed by atoms with Gasteiger partial charge < -0.3 is 10.2 Å². The molecule has 2 aromatic rings. The van der Waals surface area contributed by atoms with Crippen molar-refractivity contribution in [2.45, 2.75) is 45.4 Å². The van der Waals surface area contributed by atoms with Crippen molar-refractivity contribution in [2.24, 2.45) is 5.92 Å². The number of carbonyl (C=O) groups excluding carboxylic acids is 1. The molecule has 140 valence electrons. The molecule has 0 bridgehead atoms. The average molecular weight is 373 g/mol. The summed E-state index contributed by atoms with van der Waals surface area (Å²) in [6, 6.07) is 10.3. The molecule has 1 saturated heterocycles. The SMILES string of the molecule is CCCCCNC(=O)[C@@H]1CCCN(c2nc(Cc3ccccc3)ns2)C1. The van der Waals surface area contributed by atoms with Crippen molar-refractivity contribution >= 4 is 22.6 Å². The Morgan fingerprint density at radius 1 is 1.31 bits per heavy atom. The highest BCUT2D eigenvalue weighted by Crippen LogP contribution is 2.25. The van der Waals surface area contributed by atoms with E-state index in [9.17, 15) is 4.79 Å². The van der Waals surface area contributed by atoms with E-state index in [0.717, 1.165) is 56.3 Å². The maximum absolute atomic E-state index is 12.4. The largest absolute Gasteiger partial charge is 0.356 e. The van der Waals surface area contributed by atoms with Crippen LogP contribution in [0.4, 0.5) is 5.13 Å². The zero-order valence-corrected chi connectivity index (χ0v) is 16.3. The van der Waals surface area contributed by atoms with Crippen LogP contribution >= 0.6 is 11.5 Å². The molecule has 26 heavy (non-hydrogen) atoms. The molecule has 3 rings (SSSR count). The number of nitrogens with one attached hydrogen (secondary N) is 1. The van der Waals surface area contributed by atoms with Crippen molar-refractivity contribution in [2.75, 3.05) is 24.5 Å². The van der Waals surface area contributed by atoms with E-state index in [1.165, 1.54) is 29.9 Å². The minimum atomic E-state index is 0.0619. The second-order valence-electron chi connectivity index (χ2n) is 6.94. The van der Waals surface area contributed by atoms with Crippen molar-refractivity contribution in [1.29, 1.82) is 0 Å². The fraction of sp³-hybridized carbons (Fsp3) is 0.550. The standard InChI is InChI=1S/C20H28N4OS/c1-2-3-7-12-21-19(25)17-11-8-13-24(15-17)20-22-18(23-26-20)14-16-9-5-4-6-10-16/h4-6,9-10,17H,2-3,7-8,11-15H2,1H3,(H,21,25)/t17-/m1/s1. The molecule has 1 atom stereocenters. The zero-order chi connectivity index (χ0) is 18.2. The number of anilines is 1. The van der Waals surface area contributed by atoms with Gasteiger partial charge in [0.1, 0.15) is 5.82 Å². The van der Waals surface area contributed by atoms with Gasteiger partial charge >= 0.3 is 0 Å². The number of hydrogen-bond acceptors (Lipinski definition) is 5. The number of amides is 1. The predicted molar refractivity (Wildman–Crippen MR) is 107 cm³/mol. The Kier molecular flexibility index (Phi) is 7.00. The first-order valence-electron chi connectivity index (χ1n) is 9.65. The summed E-state index contributed by atoms with van der Waals surface area (Å²) in [4.78, 5) is 19.4. The summed E-state index contributed by atoms with van der Waals surface area (Å²) < 4.78 is 4.51. The van der Waals surface area contributed by atoms with Crippen LogP contribution < -0.4 is 10.2 Å². The van der Waals surface area contributed by atoms with Gasteiger partial charge in [-0.15, -0.1) is 0 Å². The zero-order valence-electron chi connectivity index (χ0n) is 15.5. The summed E-state index contributed by atoms with van der Waals surface area (Å²) in [6.45, 7) is 4.68. The lowest BCUT2D eigenvalue weighted by molar-refractivity contribution is -0.125. The van der Waals surface area contributed by atoms with Gasteiger partial charge in [0.2, 0.25) is 11.0 Å². The third-order valence-electron chi connectivity index (χ3n) is 4.80. The van der Waals surface area contributed by atoms with Crippen LogP contribution in [0.2, 0.25) is 0 Å². The number of hydrogen-bond donors (Lipinski definition) is 1. The van der Waals surface area contributed by atoms with E-state index >= 15 is 0 Å². The first kappa shape index (κ1) is 18.8. The van der Waals surface area contributed by atoms with Gasteiger partial charge in [0.15, 0.2) is 0 Å². The molecule has 1 aliphatic rings. The molecule has 0 aliphatic carbocycles. The molecule has 0 radical (unpaired) electrons. The van der Waals surface area contributed by atoms with Crippen molar-refractivity contribution < 1.29 is 4.79 Å². The van der Waals surface area contributed by atoms with Gasteiger partial charge in [0, 0.05) is 37.6 Å². The molecule has 1 aliphatic heterocycles. The summed E-state index contributed by atoms with van der Waals surface area (Å²) in [5, 5.41) is 4.04. The third-order valence-corrected chi connectivity index (χ3v) is 5.62. The fourth-order valence-corrected chi connectivity index (χ4v) is 4.04. The van der Waals surface area contributed by atoms with Crippen LogP contribution in [0, 0.1) is 5.92 Å². The van der Waals surface area contributed by atoms with Crippen LogP contribution in [0.1, 0.15) is 50.4 Å². The molecular formula is C20H28N4OS. The number of unbranched alkanes of at least 4 members (excludes halogenated alkanes) is 2. The normalized spacial score (nSPS) is 17.3. The molecular weight excluding hydrogens is 344 g/mol. The van der Waals surface area contributed by atoms with E-state index in [1.54, 1.807) is 0 Å². The molecule has 0 saturated carbocycles. The van der Waals surface area contributed by atoms with E-state index in [1.807, 2.05) is 18.2 Å². The van der Waals surface area contributed by atoms with Gasteiger partial charge in [-0.1, -0.05) is 50.1 Å². The highest BCUT2D eigenvalue weighted by atomic mass is 32.1. The molecule has 1 amide bonds. The number of piperidine rings is 1. The van der Waals surface area contributed by atoms with Gasteiger partial charge in [-0.25, -0.2) is 4.98 Å². The Labute approximate surface area is 160 Å².